The molecule has 100 valence electrons. The van der Waals surface area contributed by atoms with Gasteiger partial charge in [-0.15, -0.1) is 0 Å². The van der Waals surface area contributed by atoms with Crippen molar-refractivity contribution in [2.24, 2.45) is 0 Å². The highest BCUT2D eigenvalue weighted by Crippen LogP contribution is 2.20. The molecule has 0 aliphatic carbocycles. The standard InChI is InChI=1S/C15H17NO3/c1-10-6-7-16(14(10)15(17)18)9-12-4-5-13(19-3)11(2)8-12/h4-8H,9H2,1-3H3,(H,17,18). The molecular weight excluding hydrogens is 242 g/mol. The van der Waals surface area contributed by atoms with Crippen LogP contribution >= 0.6 is 0 Å². The summed E-state index contributed by atoms with van der Waals surface area (Å²) in [6, 6.07) is 7.69. The molecule has 0 atom stereocenters. The fourth-order valence-electron chi connectivity index (χ4n) is 2.24. The van der Waals surface area contributed by atoms with Gasteiger partial charge in [0.15, 0.2) is 0 Å². The molecule has 2 rings (SSSR count). The number of hydrogen-bond donors (Lipinski definition) is 1. The quantitative estimate of drug-likeness (QED) is 0.918. The molecule has 0 bridgehead atoms. The van der Waals surface area contributed by atoms with Gasteiger partial charge in [0.1, 0.15) is 11.4 Å². The molecule has 2 aromatic rings. The van der Waals surface area contributed by atoms with Gasteiger partial charge in [-0.2, -0.15) is 0 Å². The summed E-state index contributed by atoms with van der Waals surface area (Å²) in [4.78, 5) is 11.2. The lowest BCUT2D eigenvalue weighted by atomic mass is 10.1. The van der Waals surface area contributed by atoms with Gasteiger partial charge in [0.2, 0.25) is 0 Å². The first-order chi connectivity index (χ1) is 9.02. The number of nitrogens with zero attached hydrogens (tertiary/aromatic N) is 1. The van der Waals surface area contributed by atoms with Crippen molar-refractivity contribution in [1.29, 1.82) is 0 Å². The van der Waals surface area contributed by atoms with Gasteiger partial charge < -0.3 is 14.4 Å². The summed E-state index contributed by atoms with van der Waals surface area (Å²) in [5, 5.41) is 9.21. The number of aromatic carboxylic acids is 1. The Labute approximate surface area is 112 Å². The van der Waals surface area contributed by atoms with E-state index in [0.717, 1.165) is 22.4 Å². The lowest BCUT2D eigenvalue weighted by Gasteiger charge is -2.10. The van der Waals surface area contributed by atoms with Crippen LogP contribution in [-0.2, 0) is 6.54 Å². The third kappa shape index (κ3) is 2.62. The third-order valence-electron chi connectivity index (χ3n) is 3.18. The molecule has 0 unspecified atom stereocenters. The monoisotopic (exact) mass is 259 g/mol. The summed E-state index contributed by atoms with van der Waals surface area (Å²) in [7, 11) is 1.64. The van der Waals surface area contributed by atoms with Crippen LogP contribution in [0.4, 0.5) is 0 Å². The van der Waals surface area contributed by atoms with E-state index in [1.807, 2.05) is 31.2 Å². The number of carboxylic acids is 1. The van der Waals surface area contributed by atoms with Crippen LogP contribution < -0.4 is 4.74 Å². The fraction of sp³-hybridized carbons (Fsp3) is 0.267. The highest BCUT2D eigenvalue weighted by molar-refractivity contribution is 5.87. The van der Waals surface area contributed by atoms with Gasteiger partial charge in [-0.05, 0) is 42.7 Å². The summed E-state index contributed by atoms with van der Waals surface area (Å²) in [6.45, 7) is 4.32. The lowest BCUT2D eigenvalue weighted by molar-refractivity contribution is 0.0685. The minimum Gasteiger partial charge on any atom is -0.496 e. The number of hydrogen-bond acceptors (Lipinski definition) is 2. The van der Waals surface area contributed by atoms with Crippen LogP contribution in [0.2, 0.25) is 0 Å². The Kier molecular flexibility index (Phi) is 3.60. The second-order valence-electron chi connectivity index (χ2n) is 4.58. The number of ether oxygens (including phenoxy) is 1. The molecule has 1 heterocycles. The Morgan fingerprint density at radius 2 is 2.00 bits per heavy atom. The highest BCUT2D eigenvalue weighted by Gasteiger charge is 2.13. The molecule has 1 aromatic carbocycles. The van der Waals surface area contributed by atoms with Crippen molar-refractivity contribution in [3.05, 3.63) is 52.8 Å². The zero-order chi connectivity index (χ0) is 14.0. The van der Waals surface area contributed by atoms with Crippen molar-refractivity contribution < 1.29 is 14.6 Å². The zero-order valence-electron chi connectivity index (χ0n) is 11.3. The second kappa shape index (κ2) is 5.18. The Morgan fingerprint density at radius 1 is 1.26 bits per heavy atom. The van der Waals surface area contributed by atoms with Crippen LogP contribution in [-0.4, -0.2) is 22.8 Å². The van der Waals surface area contributed by atoms with Gasteiger partial charge in [-0.3, -0.25) is 0 Å². The SMILES string of the molecule is COc1ccc(Cn2ccc(C)c2C(=O)O)cc1C. The number of aromatic nitrogens is 1. The van der Waals surface area contributed by atoms with Gasteiger partial charge >= 0.3 is 5.97 Å². The molecule has 0 aliphatic rings. The van der Waals surface area contributed by atoms with Gasteiger partial charge in [0, 0.05) is 12.7 Å². The Morgan fingerprint density at radius 3 is 2.58 bits per heavy atom. The van der Waals surface area contributed by atoms with Crippen molar-refractivity contribution in [3.8, 4) is 5.75 Å². The molecule has 0 saturated heterocycles. The lowest BCUT2D eigenvalue weighted by Crippen LogP contribution is -2.10. The Hall–Kier alpha value is -2.23. The van der Waals surface area contributed by atoms with Crippen LogP contribution in [0.1, 0.15) is 27.2 Å². The molecular formula is C15H17NO3. The minimum absolute atomic E-state index is 0.341. The van der Waals surface area contributed by atoms with E-state index >= 15 is 0 Å². The van der Waals surface area contributed by atoms with E-state index < -0.39 is 5.97 Å². The molecule has 4 heteroatoms. The topological polar surface area (TPSA) is 51.5 Å². The van der Waals surface area contributed by atoms with E-state index in [-0.39, 0.29) is 0 Å². The number of rotatable bonds is 4. The largest absolute Gasteiger partial charge is 0.496 e. The fourth-order valence-corrected chi connectivity index (χ4v) is 2.24. The molecule has 4 nitrogen and oxygen atoms in total. The molecule has 0 aliphatic heterocycles. The Balaban J connectivity index is 2.31. The smallest absolute Gasteiger partial charge is 0.352 e. The number of methoxy groups -OCH3 is 1. The van der Waals surface area contributed by atoms with Crippen LogP contribution in [0.5, 0.6) is 5.75 Å². The van der Waals surface area contributed by atoms with Crippen LogP contribution in [0.25, 0.3) is 0 Å². The van der Waals surface area contributed by atoms with Gasteiger partial charge in [-0.25, -0.2) is 4.79 Å². The van der Waals surface area contributed by atoms with E-state index in [1.54, 1.807) is 24.8 Å². The van der Waals surface area contributed by atoms with E-state index in [1.165, 1.54) is 0 Å². The van der Waals surface area contributed by atoms with Crippen LogP contribution in [0, 0.1) is 13.8 Å². The first-order valence-corrected chi connectivity index (χ1v) is 6.05. The van der Waals surface area contributed by atoms with Crippen LogP contribution in [0.3, 0.4) is 0 Å². The molecule has 0 radical (unpaired) electrons. The molecule has 19 heavy (non-hydrogen) atoms. The summed E-state index contributed by atoms with van der Waals surface area (Å²) in [5.74, 6) is -0.0568. The maximum absolute atomic E-state index is 11.2. The maximum atomic E-state index is 11.2. The molecule has 0 amide bonds. The van der Waals surface area contributed by atoms with Crippen molar-refractivity contribution in [2.75, 3.05) is 7.11 Å². The predicted molar refractivity (Wildman–Crippen MR) is 73.0 cm³/mol. The predicted octanol–water partition coefficient (Wildman–Crippen LogP) is 2.86. The summed E-state index contributed by atoms with van der Waals surface area (Å²) < 4.78 is 6.96. The second-order valence-corrected chi connectivity index (χ2v) is 4.58. The van der Waals surface area contributed by atoms with Crippen molar-refractivity contribution in [2.45, 2.75) is 20.4 Å². The number of benzene rings is 1. The zero-order valence-corrected chi connectivity index (χ0v) is 11.3. The average molecular weight is 259 g/mol. The number of carbonyl (C=O) groups is 1. The van der Waals surface area contributed by atoms with E-state index in [4.69, 9.17) is 4.74 Å². The summed E-state index contributed by atoms with van der Waals surface area (Å²) in [5.41, 5.74) is 3.21. The summed E-state index contributed by atoms with van der Waals surface area (Å²) in [6.07, 6.45) is 1.80. The van der Waals surface area contributed by atoms with E-state index in [2.05, 4.69) is 0 Å². The third-order valence-corrected chi connectivity index (χ3v) is 3.18. The molecule has 1 aromatic heterocycles. The average Bonchev–Trinajstić information content (AvgIpc) is 2.70. The first-order valence-electron chi connectivity index (χ1n) is 6.05. The normalized spacial score (nSPS) is 10.5. The van der Waals surface area contributed by atoms with Gasteiger partial charge in [0.25, 0.3) is 0 Å². The van der Waals surface area contributed by atoms with Gasteiger partial charge in [-0.1, -0.05) is 12.1 Å². The van der Waals surface area contributed by atoms with Crippen LogP contribution in [0.15, 0.2) is 30.5 Å². The molecule has 0 fully saturated rings. The first kappa shape index (κ1) is 13.2. The number of aryl methyl sites for hydroxylation is 2. The molecule has 1 N–H and O–H groups in total. The van der Waals surface area contributed by atoms with Gasteiger partial charge in [0.05, 0.1) is 7.11 Å². The minimum atomic E-state index is -0.896. The Bertz CT molecular complexity index is 614. The van der Waals surface area contributed by atoms with E-state index in [9.17, 15) is 9.90 Å². The highest BCUT2D eigenvalue weighted by atomic mass is 16.5. The number of carboxylic acid groups (broad SMARTS) is 1. The maximum Gasteiger partial charge on any atom is 0.352 e. The van der Waals surface area contributed by atoms with Crippen molar-refractivity contribution in [1.82, 2.24) is 4.57 Å². The van der Waals surface area contributed by atoms with E-state index in [0.29, 0.717) is 12.2 Å². The van der Waals surface area contributed by atoms with Crippen molar-refractivity contribution >= 4 is 5.97 Å². The summed E-state index contributed by atoms with van der Waals surface area (Å²) >= 11 is 0. The van der Waals surface area contributed by atoms with Crippen molar-refractivity contribution in [3.63, 3.8) is 0 Å². The molecule has 0 spiro atoms. The molecule has 0 saturated carbocycles.